The van der Waals surface area contributed by atoms with Gasteiger partial charge < -0.3 is 9.47 Å². The Balaban J connectivity index is 3.04. The van der Waals surface area contributed by atoms with E-state index in [0.29, 0.717) is 6.79 Å². The van der Waals surface area contributed by atoms with Crippen LogP contribution in [0.1, 0.15) is 0 Å². The molecule has 0 aliphatic rings. The fourth-order valence-corrected chi connectivity index (χ4v) is 1.25. The zero-order valence-electron chi connectivity index (χ0n) is 7.14. The summed E-state index contributed by atoms with van der Waals surface area (Å²) in [5, 5.41) is 0. The third-order valence-electron chi connectivity index (χ3n) is 1.16. The van der Waals surface area contributed by atoms with Gasteiger partial charge in [-0.05, 0) is 6.04 Å². The molecular weight excluding hydrogens is 144 g/mol. The molecule has 1 radical (unpaired) electrons. The Bertz CT molecular complexity index is 78.2. The van der Waals surface area contributed by atoms with E-state index in [-0.39, 0.29) is 0 Å². The first-order chi connectivity index (χ1) is 4.56. The molecule has 0 N–H and O–H groups in total. The molecule has 3 heteroatoms. The van der Waals surface area contributed by atoms with Crippen molar-refractivity contribution in [2.24, 2.45) is 0 Å². The lowest BCUT2D eigenvalue weighted by Gasteiger charge is -2.14. The highest BCUT2D eigenvalue weighted by Gasteiger charge is 2.11. The maximum Gasteiger partial charge on any atom is 0.146 e. The first kappa shape index (κ1) is 10.1. The molecule has 0 amide bonds. The van der Waals surface area contributed by atoms with Crippen molar-refractivity contribution in [3.05, 3.63) is 7.11 Å². The molecule has 0 saturated heterocycles. The van der Waals surface area contributed by atoms with Gasteiger partial charge in [0.05, 0.1) is 7.11 Å². The van der Waals surface area contributed by atoms with Crippen LogP contribution < -0.4 is 0 Å². The Hall–Kier alpha value is 0.137. The third kappa shape index (κ3) is 8.14. The largest absolute Gasteiger partial charge is 0.356 e. The topological polar surface area (TPSA) is 18.5 Å². The average molecular weight is 161 g/mol. The van der Waals surface area contributed by atoms with E-state index in [9.17, 15) is 0 Å². The third-order valence-corrected chi connectivity index (χ3v) is 2.87. The second-order valence-electron chi connectivity index (χ2n) is 3.54. The van der Waals surface area contributed by atoms with Gasteiger partial charge in [-0.3, -0.25) is 0 Å². The number of rotatable bonds is 5. The number of hydrogen-bond acceptors (Lipinski definition) is 2. The summed E-state index contributed by atoms with van der Waals surface area (Å²) in [5.74, 6) is 0. The van der Waals surface area contributed by atoms with E-state index in [1.54, 1.807) is 0 Å². The molecule has 0 aliphatic heterocycles. The van der Waals surface area contributed by atoms with Gasteiger partial charge in [0.2, 0.25) is 0 Å². The number of hydrogen-bond donors (Lipinski definition) is 0. The molecule has 2 nitrogen and oxygen atoms in total. The molecule has 0 heterocycles. The van der Waals surface area contributed by atoms with Crippen molar-refractivity contribution in [2.45, 2.75) is 25.7 Å². The summed E-state index contributed by atoms with van der Waals surface area (Å²) in [6.07, 6.45) is 0. The Kier molecular flexibility index (Phi) is 4.94. The van der Waals surface area contributed by atoms with Crippen molar-refractivity contribution >= 4 is 8.07 Å². The minimum absolute atomic E-state index is 0.324. The summed E-state index contributed by atoms with van der Waals surface area (Å²) in [4.78, 5) is 0. The molecule has 0 atom stereocenters. The van der Waals surface area contributed by atoms with Crippen LogP contribution in [0, 0.1) is 7.11 Å². The lowest BCUT2D eigenvalue weighted by molar-refractivity contribution is -0.00847. The first-order valence-electron chi connectivity index (χ1n) is 3.51. The molecule has 0 unspecified atom stereocenters. The van der Waals surface area contributed by atoms with Crippen molar-refractivity contribution in [3.8, 4) is 0 Å². The van der Waals surface area contributed by atoms with Gasteiger partial charge in [-0.1, -0.05) is 19.6 Å². The monoisotopic (exact) mass is 161 g/mol. The van der Waals surface area contributed by atoms with Gasteiger partial charge >= 0.3 is 0 Å². The molecule has 0 rings (SSSR count). The molecule has 0 aromatic heterocycles. The molecule has 0 spiro atoms. The van der Waals surface area contributed by atoms with E-state index in [0.717, 1.165) is 6.61 Å². The van der Waals surface area contributed by atoms with Crippen LogP contribution in [0.5, 0.6) is 0 Å². The van der Waals surface area contributed by atoms with E-state index < -0.39 is 8.07 Å². The standard InChI is InChI=1S/C7H17O2Si/c1-8-7-9-5-6-10(2,3)4/h1,5-7H2,2-4H3. The summed E-state index contributed by atoms with van der Waals surface area (Å²) < 4.78 is 9.61. The number of ether oxygens (including phenoxy) is 2. The quantitative estimate of drug-likeness (QED) is 0.349. The molecular formula is C7H17O2Si. The van der Waals surface area contributed by atoms with Crippen LogP contribution in [-0.2, 0) is 9.47 Å². The van der Waals surface area contributed by atoms with Gasteiger partial charge in [0.25, 0.3) is 0 Å². The second kappa shape index (κ2) is 4.88. The fraction of sp³-hybridized carbons (Fsp3) is 0.857. The SMILES string of the molecule is [CH2]OCOCC[Si](C)(C)C. The Labute approximate surface area is 64.5 Å². The van der Waals surface area contributed by atoms with Crippen molar-refractivity contribution < 1.29 is 9.47 Å². The molecule has 10 heavy (non-hydrogen) atoms. The Morgan fingerprint density at radius 1 is 1.30 bits per heavy atom. The second-order valence-corrected chi connectivity index (χ2v) is 9.16. The van der Waals surface area contributed by atoms with Crippen LogP contribution in [0.25, 0.3) is 0 Å². The van der Waals surface area contributed by atoms with Crippen LogP contribution in [-0.4, -0.2) is 21.5 Å². The van der Waals surface area contributed by atoms with Crippen molar-refractivity contribution in [1.82, 2.24) is 0 Å². The van der Waals surface area contributed by atoms with E-state index in [4.69, 9.17) is 4.74 Å². The highest BCUT2D eigenvalue weighted by molar-refractivity contribution is 6.76. The maximum absolute atomic E-state index is 5.11. The molecule has 61 valence electrons. The Morgan fingerprint density at radius 3 is 2.30 bits per heavy atom. The highest BCUT2D eigenvalue weighted by atomic mass is 28.3. The van der Waals surface area contributed by atoms with Crippen LogP contribution in [0.4, 0.5) is 0 Å². The lowest BCUT2D eigenvalue weighted by Crippen LogP contribution is -2.21. The summed E-state index contributed by atoms with van der Waals surface area (Å²) in [7, 11) is 2.30. The van der Waals surface area contributed by atoms with Gasteiger partial charge in [-0.25, -0.2) is 0 Å². The molecule has 0 bridgehead atoms. The van der Waals surface area contributed by atoms with Crippen LogP contribution in [0.15, 0.2) is 0 Å². The summed E-state index contributed by atoms with van der Waals surface area (Å²) in [6, 6.07) is 1.19. The zero-order chi connectivity index (χ0) is 8.04. The van der Waals surface area contributed by atoms with Gasteiger partial charge in [-0.15, -0.1) is 0 Å². The van der Waals surface area contributed by atoms with Crippen molar-refractivity contribution in [3.63, 3.8) is 0 Å². The van der Waals surface area contributed by atoms with E-state index in [2.05, 4.69) is 31.5 Å². The van der Waals surface area contributed by atoms with Crippen LogP contribution in [0.2, 0.25) is 25.7 Å². The van der Waals surface area contributed by atoms with Crippen LogP contribution >= 0.6 is 0 Å². The van der Waals surface area contributed by atoms with Gasteiger partial charge in [0.15, 0.2) is 0 Å². The normalized spacial score (nSPS) is 12.0. The van der Waals surface area contributed by atoms with Crippen molar-refractivity contribution in [1.29, 1.82) is 0 Å². The van der Waals surface area contributed by atoms with Crippen LogP contribution in [0.3, 0.4) is 0 Å². The van der Waals surface area contributed by atoms with E-state index >= 15 is 0 Å². The fourth-order valence-electron chi connectivity index (χ4n) is 0.496. The smallest absolute Gasteiger partial charge is 0.146 e. The Morgan fingerprint density at radius 2 is 1.90 bits per heavy atom. The van der Waals surface area contributed by atoms with E-state index in [1.807, 2.05) is 0 Å². The van der Waals surface area contributed by atoms with Gasteiger partial charge in [-0.2, -0.15) is 0 Å². The minimum Gasteiger partial charge on any atom is -0.356 e. The van der Waals surface area contributed by atoms with Crippen molar-refractivity contribution in [2.75, 3.05) is 13.4 Å². The molecule has 0 aromatic rings. The summed E-state index contributed by atoms with van der Waals surface area (Å²) >= 11 is 0. The molecule has 0 aromatic carbocycles. The summed E-state index contributed by atoms with van der Waals surface area (Å²) in [5.41, 5.74) is 0. The first-order valence-corrected chi connectivity index (χ1v) is 7.22. The van der Waals surface area contributed by atoms with Gasteiger partial charge in [0, 0.05) is 14.7 Å². The van der Waals surface area contributed by atoms with Gasteiger partial charge in [0.1, 0.15) is 6.79 Å². The predicted molar refractivity (Wildman–Crippen MR) is 45.4 cm³/mol. The maximum atomic E-state index is 5.11. The summed E-state index contributed by atoms with van der Waals surface area (Å²) in [6.45, 7) is 8.10. The zero-order valence-corrected chi connectivity index (χ0v) is 8.14. The predicted octanol–water partition coefficient (Wildman–Crippen LogP) is 2.11. The molecule has 0 aliphatic carbocycles. The minimum atomic E-state index is -0.908. The molecule has 0 saturated carbocycles. The van der Waals surface area contributed by atoms with E-state index in [1.165, 1.54) is 6.04 Å². The molecule has 0 fully saturated rings. The lowest BCUT2D eigenvalue weighted by atomic mass is 10.9. The highest BCUT2D eigenvalue weighted by Crippen LogP contribution is 2.07. The average Bonchev–Trinajstić information content (AvgIpc) is 1.78.